The maximum atomic E-state index is 6.27. The number of hydrogen-bond acceptors (Lipinski definition) is 5. The molecule has 0 bridgehead atoms. The number of aromatic nitrogens is 2. The molecule has 3 rings (SSSR count). The molecule has 1 aromatic heterocycles. The first-order valence-corrected chi connectivity index (χ1v) is 8.15. The fraction of sp³-hybridized carbons (Fsp3) is 0.0556. The van der Waals surface area contributed by atoms with Crippen LogP contribution in [-0.4, -0.2) is 16.2 Å². The molecule has 0 aliphatic heterocycles. The Morgan fingerprint density at radius 2 is 1.88 bits per heavy atom. The maximum Gasteiger partial charge on any atom is 0.143 e. The second-order valence-electron chi connectivity index (χ2n) is 5.11. The molecule has 1 heterocycles. The van der Waals surface area contributed by atoms with Crippen molar-refractivity contribution in [3.63, 3.8) is 0 Å². The van der Waals surface area contributed by atoms with Gasteiger partial charge >= 0.3 is 0 Å². The standard InChI is InChI=1S/C18H14Cl2N4O/c19-15-8-13(22-9-14-17(20)23-11-24-18(14)21)6-7-16(15)25-10-12-4-2-1-3-5-12/h1-9,11H,10H2,(H2,21,23,24). The van der Waals surface area contributed by atoms with Gasteiger partial charge in [0, 0.05) is 6.21 Å². The van der Waals surface area contributed by atoms with Crippen LogP contribution in [0.4, 0.5) is 11.5 Å². The SMILES string of the molecule is Nc1ncnc(Cl)c1C=Nc1ccc(OCc2ccccc2)c(Cl)c1. The number of nitrogens with zero attached hydrogens (tertiary/aromatic N) is 3. The third-order valence-corrected chi connectivity index (χ3v) is 3.96. The van der Waals surface area contributed by atoms with Gasteiger partial charge in [-0.15, -0.1) is 0 Å². The van der Waals surface area contributed by atoms with Gasteiger partial charge in [0.15, 0.2) is 0 Å². The van der Waals surface area contributed by atoms with E-state index in [0.29, 0.717) is 28.6 Å². The number of anilines is 1. The molecule has 25 heavy (non-hydrogen) atoms. The summed E-state index contributed by atoms with van der Waals surface area (Å²) in [7, 11) is 0. The average molecular weight is 373 g/mol. The Kier molecular flexibility index (Phi) is 5.48. The first kappa shape index (κ1) is 17.2. The normalized spacial score (nSPS) is 11.0. The first-order valence-electron chi connectivity index (χ1n) is 7.40. The Bertz CT molecular complexity index is 881. The van der Waals surface area contributed by atoms with Gasteiger partial charge in [0.1, 0.15) is 29.7 Å². The molecule has 2 aromatic carbocycles. The highest BCUT2D eigenvalue weighted by Crippen LogP contribution is 2.30. The second kappa shape index (κ2) is 7.96. The zero-order chi connectivity index (χ0) is 17.6. The van der Waals surface area contributed by atoms with Crippen molar-refractivity contribution in [1.82, 2.24) is 9.97 Å². The summed E-state index contributed by atoms with van der Waals surface area (Å²) in [6.45, 7) is 0.441. The number of hydrogen-bond donors (Lipinski definition) is 1. The van der Waals surface area contributed by atoms with Crippen molar-refractivity contribution >= 4 is 40.9 Å². The second-order valence-corrected chi connectivity index (χ2v) is 5.88. The molecule has 0 spiro atoms. The van der Waals surface area contributed by atoms with Crippen LogP contribution >= 0.6 is 23.2 Å². The topological polar surface area (TPSA) is 73.4 Å². The van der Waals surface area contributed by atoms with Crippen molar-refractivity contribution in [3.05, 3.63) is 76.2 Å². The van der Waals surface area contributed by atoms with Crippen molar-refractivity contribution in [1.29, 1.82) is 0 Å². The highest BCUT2D eigenvalue weighted by atomic mass is 35.5. The predicted octanol–water partition coefficient (Wildman–Crippen LogP) is 4.70. The number of aliphatic imine (C=N–C) groups is 1. The number of nitrogens with two attached hydrogens (primary N) is 1. The molecule has 0 amide bonds. The van der Waals surface area contributed by atoms with E-state index in [0.717, 1.165) is 5.56 Å². The molecule has 0 saturated heterocycles. The quantitative estimate of drug-likeness (QED) is 0.520. The van der Waals surface area contributed by atoms with E-state index in [2.05, 4.69) is 15.0 Å². The minimum atomic E-state index is 0.241. The van der Waals surface area contributed by atoms with Crippen LogP contribution in [0, 0.1) is 0 Å². The van der Waals surface area contributed by atoms with Gasteiger partial charge in [-0.25, -0.2) is 9.97 Å². The molecule has 5 nitrogen and oxygen atoms in total. The molecule has 0 radical (unpaired) electrons. The Labute approximate surface area is 155 Å². The van der Waals surface area contributed by atoms with Crippen LogP contribution in [0.15, 0.2) is 59.9 Å². The van der Waals surface area contributed by atoms with Crippen molar-refractivity contribution in [2.24, 2.45) is 4.99 Å². The molecule has 0 fully saturated rings. The lowest BCUT2D eigenvalue weighted by atomic mass is 10.2. The van der Waals surface area contributed by atoms with Crippen molar-refractivity contribution in [2.45, 2.75) is 6.61 Å². The van der Waals surface area contributed by atoms with Gasteiger partial charge in [-0.2, -0.15) is 0 Å². The molecule has 7 heteroatoms. The molecule has 3 aromatic rings. The minimum Gasteiger partial charge on any atom is -0.487 e. The Hall–Kier alpha value is -2.63. The van der Waals surface area contributed by atoms with Crippen molar-refractivity contribution in [2.75, 3.05) is 5.73 Å². The van der Waals surface area contributed by atoms with Crippen LogP contribution in [0.25, 0.3) is 0 Å². The van der Waals surface area contributed by atoms with Crippen molar-refractivity contribution < 1.29 is 4.74 Å². The third-order valence-electron chi connectivity index (χ3n) is 3.36. The van der Waals surface area contributed by atoms with E-state index >= 15 is 0 Å². The van der Waals surface area contributed by atoms with Gasteiger partial charge in [0.25, 0.3) is 0 Å². The van der Waals surface area contributed by atoms with E-state index < -0.39 is 0 Å². The molecular weight excluding hydrogens is 359 g/mol. The van der Waals surface area contributed by atoms with E-state index in [9.17, 15) is 0 Å². The van der Waals surface area contributed by atoms with Gasteiger partial charge in [-0.3, -0.25) is 4.99 Å². The zero-order valence-electron chi connectivity index (χ0n) is 13.1. The molecular formula is C18H14Cl2N4O. The maximum absolute atomic E-state index is 6.27. The Balaban J connectivity index is 1.72. The summed E-state index contributed by atoms with van der Waals surface area (Å²) in [5, 5.41) is 0.708. The summed E-state index contributed by atoms with van der Waals surface area (Å²) >= 11 is 12.2. The fourth-order valence-electron chi connectivity index (χ4n) is 2.07. The largest absolute Gasteiger partial charge is 0.487 e. The van der Waals surface area contributed by atoms with Gasteiger partial charge in [-0.1, -0.05) is 53.5 Å². The molecule has 0 saturated carbocycles. The number of halogens is 2. The highest BCUT2D eigenvalue weighted by molar-refractivity contribution is 6.32. The molecule has 2 N–H and O–H groups in total. The average Bonchev–Trinajstić information content (AvgIpc) is 2.61. The molecule has 0 aliphatic rings. The van der Waals surface area contributed by atoms with Gasteiger partial charge in [0.05, 0.1) is 16.3 Å². The Morgan fingerprint density at radius 1 is 1.08 bits per heavy atom. The van der Waals surface area contributed by atoms with E-state index in [1.165, 1.54) is 12.5 Å². The van der Waals surface area contributed by atoms with Crippen LogP contribution in [0.5, 0.6) is 5.75 Å². The Morgan fingerprint density at radius 3 is 2.60 bits per heavy atom. The number of nitrogen functional groups attached to an aromatic ring is 1. The van der Waals surface area contributed by atoms with Gasteiger partial charge < -0.3 is 10.5 Å². The number of ether oxygens (including phenoxy) is 1. The lowest BCUT2D eigenvalue weighted by Gasteiger charge is -2.08. The fourth-order valence-corrected chi connectivity index (χ4v) is 2.49. The van der Waals surface area contributed by atoms with Gasteiger partial charge in [0.2, 0.25) is 0 Å². The van der Waals surface area contributed by atoms with E-state index in [4.69, 9.17) is 33.7 Å². The summed E-state index contributed by atoms with van der Waals surface area (Å²) in [4.78, 5) is 12.1. The van der Waals surface area contributed by atoms with Crippen molar-refractivity contribution in [3.8, 4) is 5.75 Å². The zero-order valence-corrected chi connectivity index (χ0v) is 14.6. The van der Waals surface area contributed by atoms with Crippen LogP contribution in [-0.2, 0) is 6.61 Å². The van der Waals surface area contributed by atoms with E-state index in [1.807, 2.05) is 30.3 Å². The van der Waals surface area contributed by atoms with Gasteiger partial charge in [-0.05, 0) is 23.8 Å². The van der Waals surface area contributed by atoms with E-state index in [-0.39, 0.29) is 11.0 Å². The lowest BCUT2D eigenvalue weighted by molar-refractivity contribution is 0.306. The minimum absolute atomic E-state index is 0.241. The van der Waals surface area contributed by atoms with E-state index in [1.54, 1.807) is 18.2 Å². The lowest BCUT2D eigenvalue weighted by Crippen LogP contribution is -1.99. The summed E-state index contributed by atoms with van der Waals surface area (Å²) < 4.78 is 5.73. The smallest absolute Gasteiger partial charge is 0.143 e. The molecule has 0 aliphatic carbocycles. The molecule has 126 valence electrons. The number of benzene rings is 2. The summed E-state index contributed by atoms with van der Waals surface area (Å²) in [5.41, 5.74) is 7.92. The summed E-state index contributed by atoms with van der Waals surface area (Å²) in [6, 6.07) is 15.1. The third kappa shape index (κ3) is 4.47. The molecule has 0 atom stereocenters. The summed E-state index contributed by atoms with van der Waals surface area (Å²) in [6.07, 6.45) is 2.80. The highest BCUT2D eigenvalue weighted by Gasteiger charge is 2.06. The number of rotatable bonds is 5. The first-order chi connectivity index (χ1) is 12.1. The summed E-state index contributed by atoms with van der Waals surface area (Å²) in [5.74, 6) is 0.850. The van der Waals surface area contributed by atoms with Crippen LogP contribution in [0.2, 0.25) is 10.2 Å². The molecule has 0 unspecified atom stereocenters. The monoisotopic (exact) mass is 372 g/mol. The van der Waals surface area contributed by atoms with Crippen LogP contribution < -0.4 is 10.5 Å². The van der Waals surface area contributed by atoms with Crippen LogP contribution in [0.3, 0.4) is 0 Å². The van der Waals surface area contributed by atoms with Crippen LogP contribution in [0.1, 0.15) is 11.1 Å². The predicted molar refractivity (Wildman–Crippen MR) is 101 cm³/mol.